The monoisotopic (exact) mass is 370 g/mol. The molecule has 1 aromatic heterocycles. The number of hydrogen-bond donors (Lipinski definition) is 0. The zero-order chi connectivity index (χ0) is 15.1. The van der Waals surface area contributed by atoms with E-state index in [9.17, 15) is 8.78 Å². The van der Waals surface area contributed by atoms with Crippen molar-refractivity contribution in [2.75, 3.05) is 0 Å². The van der Waals surface area contributed by atoms with Crippen LogP contribution in [0.15, 0.2) is 34.8 Å². The van der Waals surface area contributed by atoms with E-state index in [-0.39, 0.29) is 11.7 Å². The van der Waals surface area contributed by atoms with Crippen LogP contribution in [0.2, 0.25) is 0 Å². The second kappa shape index (κ2) is 5.39. The van der Waals surface area contributed by atoms with Crippen molar-refractivity contribution in [1.82, 2.24) is 9.55 Å². The minimum atomic E-state index is -0.399. The molecule has 0 aliphatic heterocycles. The summed E-state index contributed by atoms with van der Waals surface area (Å²) >= 11 is 9.09. The third kappa shape index (κ3) is 2.56. The van der Waals surface area contributed by atoms with E-state index in [1.807, 2.05) is 13.0 Å². The maximum absolute atomic E-state index is 13.7. The number of alkyl halides is 1. The number of halogens is 4. The molecule has 6 heteroatoms. The maximum atomic E-state index is 13.7. The third-order valence-electron chi connectivity index (χ3n) is 3.17. The van der Waals surface area contributed by atoms with Gasteiger partial charge in [-0.05, 0) is 52.7 Å². The number of benzene rings is 2. The van der Waals surface area contributed by atoms with Crippen molar-refractivity contribution in [3.8, 4) is 5.69 Å². The van der Waals surface area contributed by atoms with Crippen LogP contribution in [0, 0.1) is 18.6 Å². The van der Waals surface area contributed by atoms with E-state index in [2.05, 4.69) is 20.9 Å². The molecule has 1 heterocycles. The average molecular weight is 372 g/mol. The summed E-state index contributed by atoms with van der Waals surface area (Å²) in [4.78, 5) is 4.32. The van der Waals surface area contributed by atoms with Crippen LogP contribution in [0.3, 0.4) is 0 Å². The molecular weight excluding hydrogens is 362 g/mol. The molecule has 108 valence electrons. The predicted molar refractivity (Wildman–Crippen MR) is 83.0 cm³/mol. The second-order valence-corrected chi connectivity index (χ2v) is 5.86. The highest BCUT2D eigenvalue weighted by Gasteiger charge is 2.15. The van der Waals surface area contributed by atoms with E-state index in [0.29, 0.717) is 27.0 Å². The Bertz CT molecular complexity index is 825. The van der Waals surface area contributed by atoms with E-state index in [1.54, 1.807) is 10.6 Å². The molecule has 0 bridgehead atoms. The summed E-state index contributed by atoms with van der Waals surface area (Å²) in [6.45, 7) is 1.81. The van der Waals surface area contributed by atoms with Crippen molar-refractivity contribution < 1.29 is 8.78 Å². The Balaban J connectivity index is 2.36. The van der Waals surface area contributed by atoms with E-state index < -0.39 is 5.82 Å². The van der Waals surface area contributed by atoms with Gasteiger partial charge >= 0.3 is 0 Å². The summed E-state index contributed by atoms with van der Waals surface area (Å²) in [5.74, 6) is -0.0601. The molecule has 3 rings (SSSR count). The van der Waals surface area contributed by atoms with Crippen LogP contribution in [-0.2, 0) is 5.88 Å². The van der Waals surface area contributed by atoms with Gasteiger partial charge in [-0.3, -0.25) is 4.57 Å². The minimum Gasteiger partial charge on any atom is -0.295 e. The zero-order valence-electron chi connectivity index (χ0n) is 11.0. The molecule has 2 aromatic carbocycles. The largest absolute Gasteiger partial charge is 0.295 e. The molecule has 0 radical (unpaired) electrons. The molecule has 0 fully saturated rings. The molecule has 0 amide bonds. The number of nitrogens with zero attached hydrogens (tertiary/aromatic N) is 2. The summed E-state index contributed by atoms with van der Waals surface area (Å²) < 4.78 is 29.4. The average Bonchev–Trinajstić information content (AvgIpc) is 2.75. The molecule has 2 nitrogen and oxygen atoms in total. The smallest absolute Gasteiger partial charge is 0.139 e. The van der Waals surface area contributed by atoms with Gasteiger partial charge in [-0.1, -0.05) is 0 Å². The normalized spacial score (nSPS) is 11.3. The lowest BCUT2D eigenvalue weighted by Crippen LogP contribution is -2.00. The Labute approximate surface area is 133 Å². The van der Waals surface area contributed by atoms with Crippen LogP contribution in [0.1, 0.15) is 11.4 Å². The quantitative estimate of drug-likeness (QED) is 0.572. The summed E-state index contributed by atoms with van der Waals surface area (Å²) in [5, 5.41) is 0. The van der Waals surface area contributed by atoms with Crippen LogP contribution in [0.4, 0.5) is 8.78 Å². The van der Waals surface area contributed by atoms with Crippen molar-refractivity contribution in [3.05, 3.63) is 57.8 Å². The van der Waals surface area contributed by atoms with E-state index in [4.69, 9.17) is 11.6 Å². The molecule has 0 aliphatic carbocycles. The first-order valence-electron chi connectivity index (χ1n) is 6.19. The first-order chi connectivity index (χ1) is 9.99. The molecule has 0 aliphatic rings. The van der Waals surface area contributed by atoms with Crippen molar-refractivity contribution in [3.63, 3.8) is 0 Å². The molecule has 0 unspecified atom stereocenters. The lowest BCUT2D eigenvalue weighted by molar-refractivity contribution is 0.622. The maximum Gasteiger partial charge on any atom is 0.139 e. The van der Waals surface area contributed by atoms with Crippen LogP contribution >= 0.6 is 27.5 Å². The Morgan fingerprint density at radius 1 is 1.19 bits per heavy atom. The topological polar surface area (TPSA) is 17.8 Å². The standard InChI is InChI=1S/C15H10BrClF2N2/c1-8-2-9(18)4-10(3-8)21-14-5-11(16)12(19)6-13(14)20-15(21)7-17/h2-6H,7H2,1H3. The van der Waals surface area contributed by atoms with Gasteiger partial charge in [-0.25, -0.2) is 13.8 Å². The van der Waals surface area contributed by atoms with Gasteiger partial charge < -0.3 is 0 Å². The van der Waals surface area contributed by atoms with Gasteiger partial charge in [0.1, 0.15) is 17.5 Å². The summed E-state index contributed by atoms with van der Waals surface area (Å²) in [6.07, 6.45) is 0. The number of aryl methyl sites for hydroxylation is 1. The van der Waals surface area contributed by atoms with Crippen LogP contribution in [0.5, 0.6) is 0 Å². The molecule has 0 spiro atoms. The highest BCUT2D eigenvalue weighted by molar-refractivity contribution is 9.10. The first kappa shape index (κ1) is 14.5. The first-order valence-corrected chi connectivity index (χ1v) is 7.52. The van der Waals surface area contributed by atoms with Crippen molar-refractivity contribution in [2.45, 2.75) is 12.8 Å². The van der Waals surface area contributed by atoms with Gasteiger partial charge in [0.15, 0.2) is 0 Å². The zero-order valence-corrected chi connectivity index (χ0v) is 13.3. The number of aromatic nitrogens is 2. The molecule has 0 atom stereocenters. The predicted octanol–water partition coefficient (Wildman–Crippen LogP) is 5.11. The SMILES string of the molecule is Cc1cc(F)cc(-n2c(CCl)nc3cc(F)c(Br)cc32)c1. The molecule has 3 aromatic rings. The van der Waals surface area contributed by atoms with Gasteiger partial charge in [-0.2, -0.15) is 0 Å². The van der Waals surface area contributed by atoms with Crippen molar-refractivity contribution in [2.24, 2.45) is 0 Å². The van der Waals surface area contributed by atoms with Gasteiger partial charge in [0.05, 0.1) is 27.1 Å². The summed E-state index contributed by atoms with van der Waals surface area (Å²) in [6, 6.07) is 7.63. The lowest BCUT2D eigenvalue weighted by atomic mass is 10.2. The fourth-order valence-corrected chi connectivity index (χ4v) is 2.86. The van der Waals surface area contributed by atoms with E-state index in [1.165, 1.54) is 18.2 Å². The number of imidazole rings is 1. The van der Waals surface area contributed by atoms with Crippen molar-refractivity contribution >= 4 is 38.6 Å². The Morgan fingerprint density at radius 3 is 2.62 bits per heavy atom. The fraction of sp³-hybridized carbons (Fsp3) is 0.133. The number of fused-ring (bicyclic) bond motifs is 1. The molecule has 0 saturated heterocycles. The van der Waals surface area contributed by atoms with E-state index >= 15 is 0 Å². The van der Waals surface area contributed by atoms with Crippen LogP contribution in [0.25, 0.3) is 16.7 Å². The Morgan fingerprint density at radius 2 is 1.95 bits per heavy atom. The Hall–Kier alpha value is -1.46. The van der Waals surface area contributed by atoms with Gasteiger partial charge in [-0.15, -0.1) is 11.6 Å². The highest BCUT2D eigenvalue weighted by Crippen LogP contribution is 2.28. The Kier molecular flexibility index (Phi) is 3.71. The molecular formula is C15H10BrClF2N2. The summed E-state index contributed by atoms with van der Waals surface area (Å²) in [5.41, 5.74) is 2.55. The van der Waals surface area contributed by atoms with Gasteiger partial charge in [0.2, 0.25) is 0 Å². The second-order valence-electron chi connectivity index (χ2n) is 4.74. The summed E-state index contributed by atoms with van der Waals surface area (Å²) in [7, 11) is 0. The molecule has 21 heavy (non-hydrogen) atoms. The highest BCUT2D eigenvalue weighted by atomic mass is 79.9. The molecule has 0 N–H and O–H groups in total. The molecule has 0 saturated carbocycles. The fourth-order valence-electron chi connectivity index (χ4n) is 2.35. The van der Waals surface area contributed by atoms with Crippen LogP contribution in [-0.4, -0.2) is 9.55 Å². The van der Waals surface area contributed by atoms with Gasteiger partial charge in [0, 0.05) is 6.07 Å². The van der Waals surface area contributed by atoms with Crippen LogP contribution < -0.4 is 0 Å². The van der Waals surface area contributed by atoms with E-state index in [0.717, 1.165) is 5.56 Å². The lowest BCUT2D eigenvalue weighted by Gasteiger charge is -2.09. The third-order valence-corrected chi connectivity index (χ3v) is 4.02. The van der Waals surface area contributed by atoms with Crippen molar-refractivity contribution in [1.29, 1.82) is 0 Å². The number of rotatable bonds is 2. The van der Waals surface area contributed by atoms with Gasteiger partial charge in [0.25, 0.3) is 0 Å². The minimum absolute atomic E-state index is 0.142. The number of hydrogen-bond acceptors (Lipinski definition) is 1.